The zero-order valence-corrected chi connectivity index (χ0v) is 13.9. The number of nitrogens with zero attached hydrogens (tertiary/aromatic N) is 3. The maximum Gasteiger partial charge on any atom is 0.229 e. The Morgan fingerprint density at radius 3 is 2.64 bits per heavy atom. The Balaban J connectivity index is 1.86. The van der Waals surface area contributed by atoms with E-state index in [9.17, 15) is 5.26 Å². The van der Waals surface area contributed by atoms with Crippen LogP contribution in [0.25, 0.3) is 0 Å². The van der Waals surface area contributed by atoms with Gasteiger partial charge < -0.3 is 15.4 Å². The quantitative estimate of drug-likeness (QED) is 0.730. The number of aromatic nitrogens is 2. The summed E-state index contributed by atoms with van der Waals surface area (Å²) in [6, 6.07) is 18.8. The predicted octanol–water partition coefficient (Wildman–Crippen LogP) is 4.15. The van der Waals surface area contributed by atoms with Crippen molar-refractivity contribution in [1.82, 2.24) is 9.97 Å². The lowest BCUT2D eigenvalue weighted by Crippen LogP contribution is -2.03. The molecule has 0 bridgehead atoms. The van der Waals surface area contributed by atoms with Gasteiger partial charge in [-0.3, -0.25) is 0 Å². The molecule has 0 aliphatic carbocycles. The number of nitriles is 1. The van der Waals surface area contributed by atoms with E-state index in [2.05, 4.69) is 26.7 Å². The number of rotatable bonds is 5. The molecule has 3 aromatic rings. The van der Waals surface area contributed by atoms with E-state index in [1.54, 1.807) is 13.2 Å². The molecule has 124 valence electrons. The zero-order valence-electron chi connectivity index (χ0n) is 13.9. The molecule has 0 aliphatic rings. The van der Waals surface area contributed by atoms with Crippen molar-refractivity contribution in [2.45, 2.75) is 6.92 Å². The molecule has 6 nitrogen and oxygen atoms in total. The number of anilines is 4. The van der Waals surface area contributed by atoms with Gasteiger partial charge in [0.25, 0.3) is 0 Å². The summed E-state index contributed by atoms with van der Waals surface area (Å²) in [7, 11) is 1.62. The van der Waals surface area contributed by atoms with E-state index in [1.165, 1.54) is 0 Å². The molecule has 1 heterocycles. The SMILES string of the molecule is COc1cccc(Nc2nc(C)cc(Nc3ccccc3C#N)n2)c1. The Morgan fingerprint density at radius 2 is 1.84 bits per heavy atom. The van der Waals surface area contributed by atoms with Gasteiger partial charge in [-0.25, -0.2) is 4.98 Å². The monoisotopic (exact) mass is 331 g/mol. The minimum absolute atomic E-state index is 0.463. The number of hydrogen-bond donors (Lipinski definition) is 2. The van der Waals surface area contributed by atoms with E-state index in [1.807, 2.05) is 55.5 Å². The van der Waals surface area contributed by atoms with Crippen molar-refractivity contribution in [3.05, 3.63) is 65.9 Å². The number of hydrogen-bond acceptors (Lipinski definition) is 6. The fraction of sp³-hybridized carbons (Fsp3) is 0.105. The van der Waals surface area contributed by atoms with Crippen molar-refractivity contribution in [1.29, 1.82) is 5.26 Å². The lowest BCUT2D eigenvalue weighted by molar-refractivity contribution is 0.415. The van der Waals surface area contributed by atoms with Crippen LogP contribution in [0.2, 0.25) is 0 Å². The summed E-state index contributed by atoms with van der Waals surface area (Å²) in [5.74, 6) is 1.82. The highest BCUT2D eigenvalue weighted by molar-refractivity contribution is 5.66. The van der Waals surface area contributed by atoms with Gasteiger partial charge in [-0.2, -0.15) is 10.2 Å². The standard InChI is InChI=1S/C19H17N5O/c1-13-10-18(23-17-9-4-3-6-14(17)12-20)24-19(21-13)22-15-7-5-8-16(11-15)25-2/h3-11H,1-2H3,(H2,21,22,23,24). The van der Waals surface area contributed by atoms with Crippen molar-refractivity contribution in [2.75, 3.05) is 17.7 Å². The van der Waals surface area contributed by atoms with Gasteiger partial charge in [-0.1, -0.05) is 18.2 Å². The van der Waals surface area contributed by atoms with Crippen molar-refractivity contribution in [3.63, 3.8) is 0 Å². The van der Waals surface area contributed by atoms with Crippen molar-refractivity contribution in [2.24, 2.45) is 0 Å². The van der Waals surface area contributed by atoms with Gasteiger partial charge in [0, 0.05) is 23.5 Å². The molecule has 1 aromatic heterocycles. The number of nitrogens with one attached hydrogen (secondary N) is 2. The largest absolute Gasteiger partial charge is 0.497 e. The molecule has 0 amide bonds. The maximum absolute atomic E-state index is 9.20. The Kier molecular flexibility index (Phi) is 4.77. The molecule has 0 radical (unpaired) electrons. The number of aryl methyl sites for hydroxylation is 1. The summed E-state index contributed by atoms with van der Waals surface area (Å²) >= 11 is 0. The lowest BCUT2D eigenvalue weighted by atomic mass is 10.2. The summed E-state index contributed by atoms with van der Waals surface area (Å²) in [6.45, 7) is 1.89. The average molecular weight is 331 g/mol. The topological polar surface area (TPSA) is 82.9 Å². The third-order valence-corrected chi connectivity index (χ3v) is 3.49. The first-order chi connectivity index (χ1) is 12.2. The van der Waals surface area contributed by atoms with Gasteiger partial charge in [0.05, 0.1) is 18.4 Å². The van der Waals surface area contributed by atoms with Crippen LogP contribution in [0.15, 0.2) is 54.6 Å². The van der Waals surface area contributed by atoms with Crippen LogP contribution in [0.5, 0.6) is 5.75 Å². The highest BCUT2D eigenvalue weighted by Gasteiger charge is 2.06. The number of methoxy groups -OCH3 is 1. The van der Waals surface area contributed by atoms with Gasteiger partial charge in [0.15, 0.2) is 0 Å². The number of ether oxygens (including phenoxy) is 1. The summed E-state index contributed by atoms with van der Waals surface area (Å²) in [5, 5.41) is 15.5. The molecule has 0 aliphatic heterocycles. The van der Waals surface area contributed by atoms with Crippen molar-refractivity contribution >= 4 is 23.1 Å². The van der Waals surface area contributed by atoms with E-state index in [0.29, 0.717) is 23.0 Å². The van der Waals surface area contributed by atoms with Gasteiger partial charge in [0.1, 0.15) is 17.6 Å². The lowest BCUT2D eigenvalue weighted by Gasteiger charge is -2.11. The Labute approximate surface area is 146 Å². The Hall–Kier alpha value is -3.59. The first-order valence-electron chi connectivity index (χ1n) is 7.71. The van der Waals surface area contributed by atoms with Crippen LogP contribution in [0.4, 0.5) is 23.1 Å². The molecule has 6 heteroatoms. The third kappa shape index (κ3) is 4.03. The summed E-state index contributed by atoms with van der Waals surface area (Å²) in [6.07, 6.45) is 0. The van der Waals surface area contributed by atoms with E-state index in [4.69, 9.17) is 4.74 Å². The van der Waals surface area contributed by atoms with Crippen LogP contribution in [-0.2, 0) is 0 Å². The minimum atomic E-state index is 0.463. The molecule has 0 saturated carbocycles. The van der Waals surface area contributed by atoms with Crippen LogP contribution in [0.3, 0.4) is 0 Å². The van der Waals surface area contributed by atoms with Gasteiger partial charge in [-0.15, -0.1) is 0 Å². The molecule has 0 saturated heterocycles. The van der Waals surface area contributed by atoms with Crippen LogP contribution < -0.4 is 15.4 Å². The molecular formula is C19H17N5O. The highest BCUT2D eigenvalue weighted by atomic mass is 16.5. The normalized spacial score (nSPS) is 9.96. The summed E-state index contributed by atoms with van der Waals surface area (Å²) in [5.41, 5.74) is 2.89. The molecule has 2 N–H and O–H groups in total. The number of benzene rings is 2. The predicted molar refractivity (Wildman–Crippen MR) is 97.5 cm³/mol. The van der Waals surface area contributed by atoms with Crippen molar-refractivity contribution in [3.8, 4) is 11.8 Å². The second kappa shape index (κ2) is 7.32. The van der Waals surface area contributed by atoms with Crippen molar-refractivity contribution < 1.29 is 4.74 Å². The molecule has 2 aromatic carbocycles. The first kappa shape index (κ1) is 16.3. The summed E-state index contributed by atoms with van der Waals surface area (Å²) in [4.78, 5) is 8.87. The second-order valence-electron chi connectivity index (χ2n) is 5.36. The van der Waals surface area contributed by atoms with E-state index in [0.717, 1.165) is 17.1 Å². The smallest absolute Gasteiger partial charge is 0.229 e. The fourth-order valence-corrected chi connectivity index (χ4v) is 2.35. The van der Waals surface area contributed by atoms with Gasteiger partial charge >= 0.3 is 0 Å². The first-order valence-corrected chi connectivity index (χ1v) is 7.71. The summed E-state index contributed by atoms with van der Waals surface area (Å²) < 4.78 is 5.22. The molecule has 0 fully saturated rings. The van der Waals surface area contributed by atoms with Gasteiger partial charge in [-0.05, 0) is 31.2 Å². The van der Waals surface area contributed by atoms with Crippen LogP contribution in [-0.4, -0.2) is 17.1 Å². The van der Waals surface area contributed by atoms with E-state index in [-0.39, 0.29) is 0 Å². The zero-order chi connectivity index (χ0) is 17.6. The molecule has 0 unspecified atom stereocenters. The molecular weight excluding hydrogens is 314 g/mol. The fourth-order valence-electron chi connectivity index (χ4n) is 2.35. The Morgan fingerprint density at radius 1 is 1.00 bits per heavy atom. The van der Waals surface area contributed by atoms with Gasteiger partial charge in [0.2, 0.25) is 5.95 Å². The molecule has 25 heavy (non-hydrogen) atoms. The molecule has 0 atom stereocenters. The van der Waals surface area contributed by atoms with Crippen LogP contribution in [0, 0.1) is 18.3 Å². The van der Waals surface area contributed by atoms with E-state index < -0.39 is 0 Å². The maximum atomic E-state index is 9.20. The molecule has 3 rings (SSSR count). The number of para-hydroxylation sites is 1. The second-order valence-corrected chi connectivity index (χ2v) is 5.36. The van der Waals surface area contributed by atoms with Crippen LogP contribution >= 0.6 is 0 Å². The van der Waals surface area contributed by atoms with Crippen LogP contribution in [0.1, 0.15) is 11.3 Å². The minimum Gasteiger partial charge on any atom is -0.497 e. The average Bonchev–Trinajstić information content (AvgIpc) is 2.62. The Bertz CT molecular complexity index is 933. The van der Waals surface area contributed by atoms with E-state index >= 15 is 0 Å². The third-order valence-electron chi connectivity index (χ3n) is 3.49. The highest BCUT2D eigenvalue weighted by Crippen LogP contribution is 2.23. The molecule has 0 spiro atoms.